The average Bonchev–Trinajstić information content (AvgIpc) is 3.35. The van der Waals surface area contributed by atoms with Crippen LogP contribution in [0, 0.1) is 5.92 Å². The lowest BCUT2D eigenvalue weighted by atomic mass is 10.1. The first kappa shape index (κ1) is 12.4. The van der Waals surface area contributed by atoms with Crippen molar-refractivity contribution >= 4 is 27.3 Å². The van der Waals surface area contributed by atoms with E-state index in [1.165, 1.54) is 35.8 Å². The van der Waals surface area contributed by atoms with E-state index in [-0.39, 0.29) is 5.91 Å². The van der Waals surface area contributed by atoms with Crippen molar-refractivity contribution in [2.75, 3.05) is 0 Å². The van der Waals surface area contributed by atoms with Crippen LogP contribution >= 0.6 is 11.3 Å². The summed E-state index contributed by atoms with van der Waals surface area (Å²) in [5.41, 5.74) is 0. The fraction of sp³-hybridized carbons (Fsp3) is 0.471. The number of nitrogens with zero attached hydrogens (tertiary/aromatic N) is 1. The first-order valence-corrected chi connectivity index (χ1v) is 8.37. The molecule has 4 rings (SSSR count). The van der Waals surface area contributed by atoms with Gasteiger partial charge in [-0.3, -0.25) is 4.79 Å². The molecule has 0 bridgehead atoms. The standard InChI is InChI=1S/C17H19NOS/c1-11(12-6-7-12)18(14-8-9-14)17(19)16-10-13-4-2-3-5-15(13)20-16/h2-5,10-12,14H,6-9H2,1H3. The fourth-order valence-corrected chi connectivity index (χ4v) is 4.06. The molecule has 0 saturated heterocycles. The molecule has 2 aliphatic carbocycles. The van der Waals surface area contributed by atoms with E-state index < -0.39 is 0 Å². The zero-order valence-electron chi connectivity index (χ0n) is 11.7. The van der Waals surface area contributed by atoms with E-state index >= 15 is 0 Å². The van der Waals surface area contributed by atoms with Crippen LogP contribution in [-0.2, 0) is 0 Å². The zero-order valence-corrected chi connectivity index (χ0v) is 12.5. The molecule has 2 nitrogen and oxygen atoms in total. The van der Waals surface area contributed by atoms with E-state index in [0.29, 0.717) is 12.1 Å². The quantitative estimate of drug-likeness (QED) is 0.820. The summed E-state index contributed by atoms with van der Waals surface area (Å²) in [4.78, 5) is 16.0. The minimum absolute atomic E-state index is 0.258. The lowest BCUT2D eigenvalue weighted by Gasteiger charge is -2.29. The molecule has 1 atom stereocenters. The summed E-state index contributed by atoms with van der Waals surface area (Å²) in [5.74, 6) is 1.00. The number of hydrogen-bond acceptors (Lipinski definition) is 2. The van der Waals surface area contributed by atoms with Gasteiger partial charge in [-0.2, -0.15) is 0 Å². The molecule has 1 heterocycles. The minimum Gasteiger partial charge on any atom is -0.332 e. The Morgan fingerprint density at radius 2 is 2.00 bits per heavy atom. The van der Waals surface area contributed by atoms with Crippen molar-refractivity contribution < 1.29 is 4.79 Å². The predicted octanol–water partition coefficient (Wildman–Crippen LogP) is 4.30. The van der Waals surface area contributed by atoms with Gasteiger partial charge in [-0.15, -0.1) is 11.3 Å². The Morgan fingerprint density at radius 3 is 2.65 bits per heavy atom. The van der Waals surface area contributed by atoms with E-state index in [4.69, 9.17) is 0 Å². The molecule has 2 aliphatic rings. The van der Waals surface area contributed by atoms with E-state index in [0.717, 1.165) is 10.8 Å². The molecule has 1 aromatic carbocycles. The summed E-state index contributed by atoms with van der Waals surface area (Å²) >= 11 is 1.64. The van der Waals surface area contributed by atoms with E-state index in [2.05, 4.69) is 30.0 Å². The maximum Gasteiger partial charge on any atom is 0.264 e. The van der Waals surface area contributed by atoms with Crippen LogP contribution in [0.15, 0.2) is 30.3 Å². The van der Waals surface area contributed by atoms with Gasteiger partial charge in [0, 0.05) is 16.8 Å². The molecule has 104 valence electrons. The van der Waals surface area contributed by atoms with E-state index in [1.807, 2.05) is 12.1 Å². The number of carbonyl (C=O) groups is 1. The van der Waals surface area contributed by atoms with Gasteiger partial charge in [0.15, 0.2) is 0 Å². The van der Waals surface area contributed by atoms with Gasteiger partial charge in [-0.25, -0.2) is 0 Å². The summed E-state index contributed by atoms with van der Waals surface area (Å²) in [7, 11) is 0. The Kier molecular flexibility index (Phi) is 2.84. The second-order valence-electron chi connectivity index (χ2n) is 6.17. The molecule has 2 aromatic rings. The molecule has 3 heteroatoms. The van der Waals surface area contributed by atoms with Crippen molar-refractivity contribution in [2.45, 2.75) is 44.7 Å². The van der Waals surface area contributed by atoms with Gasteiger partial charge in [-0.1, -0.05) is 18.2 Å². The number of rotatable bonds is 4. The van der Waals surface area contributed by atoms with Crippen molar-refractivity contribution in [1.29, 1.82) is 0 Å². The van der Waals surface area contributed by atoms with Gasteiger partial charge in [0.2, 0.25) is 0 Å². The first-order chi connectivity index (χ1) is 9.74. The second kappa shape index (κ2) is 4.59. The van der Waals surface area contributed by atoms with Crippen LogP contribution in [0.5, 0.6) is 0 Å². The molecule has 20 heavy (non-hydrogen) atoms. The van der Waals surface area contributed by atoms with Crippen LogP contribution in [-0.4, -0.2) is 22.9 Å². The van der Waals surface area contributed by atoms with E-state index in [1.54, 1.807) is 11.3 Å². The Bertz CT molecular complexity index is 621. The summed E-state index contributed by atoms with van der Waals surface area (Å²) in [6.45, 7) is 2.24. The Balaban J connectivity index is 1.66. The number of carbonyl (C=O) groups excluding carboxylic acids is 1. The van der Waals surface area contributed by atoms with Crippen molar-refractivity contribution in [3.05, 3.63) is 35.2 Å². The highest BCUT2D eigenvalue weighted by Crippen LogP contribution is 2.41. The SMILES string of the molecule is CC(C1CC1)N(C(=O)c1cc2ccccc2s1)C1CC1. The lowest BCUT2D eigenvalue weighted by molar-refractivity contribution is 0.0659. The van der Waals surface area contributed by atoms with Crippen LogP contribution in [0.25, 0.3) is 10.1 Å². The topological polar surface area (TPSA) is 20.3 Å². The van der Waals surface area contributed by atoms with Crippen molar-refractivity contribution in [1.82, 2.24) is 4.90 Å². The van der Waals surface area contributed by atoms with Gasteiger partial charge in [-0.05, 0) is 56.0 Å². The third kappa shape index (κ3) is 2.14. The molecule has 0 N–H and O–H groups in total. The van der Waals surface area contributed by atoms with Gasteiger partial charge in [0.05, 0.1) is 4.88 Å². The summed E-state index contributed by atoms with van der Waals surface area (Å²) < 4.78 is 1.21. The molecular formula is C17H19NOS. The van der Waals surface area contributed by atoms with Gasteiger partial charge in [0.25, 0.3) is 5.91 Å². The molecule has 0 spiro atoms. The maximum atomic E-state index is 12.9. The second-order valence-corrected chi connectivity index (χ2v) is 7.25. The molecule has 0 radical (unpaired) electrons. The van der Waals surface area contributed by atoms with Crippen molar-refractivity contribution in [2.24, 2.45) is 5.92 Å². The third-order valence-corrected chi connectivity index (χ3v) is 5.66. The predicted molar refractivity (Wildman–Crippen MR) is 83.2 cm³/mol. The van der Waals surface area contributed by atoms with Crippen LogP contribution in [0.3, 0.4) is 0 Å². The number of benzene rings is 1. The van der Waals surface area contributed by atoms with Crippen LogP contribution in [0.1, 0.15) is 42.3 Å². The number of hydrogen-bond donors (Lipinski definition) is 0. The number of fused-ring (bicyclic) bond motifs is 1. The van der Waals surface area contributed by atoms with Gasteiger partial charge in [0.1, 0.15) is 0 Å². The largest absolute Gasteiger partial charge is 0.332 e. The minimum atomic E-state index is 0.258. The highest BCUT2D eigenvalue weighted by Gasteiger charge is 2.42. The Labute approximate surface area is 123 Å². The lowest BCUT2D eigenvalue weighted by Crippen LogP contribution is -2.41. The van der Waals surface area contributed by atoms with Crippen LogP contribution in [0.4, 0.5) is 0 Å². The highest BCUT2D eigenvalue weighted by atomic mass is 32.1. The molecule has 0 aliphatic heterocycles. The monoisotopic (exact) mass is 285 g/mol. The number of thiophene rings is 1. The smallest absolute Gasteiger partial charge is 0.264 e. The highest BCUT2D eigenvalue weighted by molar-refractivity contribution is 7.20. The molecule has 1 unspecified atom stereocenters. The van der Waals surface area contributed by atoms with E-state index in [9.17, 15) is 4.79 Å². The van der Waals surface area contributed by atoms with Crippen LogP contribution in [0.2, 0.25) is 0 Å². The summed E-state index contributed by atoms with van der Waals surface area (Å²) in [5, 5.41) is 1.19. The first-order valence-electron chi connectivity index (χ1n) is 7.55. The molecule has 1 amide bonds. The molecule has 2 saturated carbocycles. The third-order valence-electron chi connectivity index (χ3n) is 4.55. The maximum absolute atomic E-state index is 12.9. The fourth-order valence-electron chi connectivity index (χ4n) is 3.06. The summed E-state index contributed by atoms with van der Waals surface area (Å²) in [6, 6.07) is 11.3. The molecular weight excluding hydrogens is 266 g/mol. The average molecular weight is 285 g/mol. The van der Waals surface area contributed by atoms with Gasteiger partial charge < -0.3 is 4.90 Å². The normalized spacial score (nSPS) is 20.1. The Hall–Kier alpha value is -1.35. The number of amides is 1. The molecule has 2 fully saturated rings. The Morgan fingerprint density at radius 1 is 1.25 bits per heavy atom. The van der Waals surface area contributed by atoms with Crippen molar-refractivity contribution in [3.63, 3.8) is 0 Å². The summed E-state index contributed by atoms with van der Waals surface area (Å²) in [6.07, 6.45) is 4.97. The zero-order chi connectivity index (χ0) is 13.7. The molecule has 1 aromatic heterocycles. The van der Waals surface area contributed by atoms with Gasteiger partial charge >= 0.3 is 0 Å². The van der Waals surface area contributed by atoms with Crippen molar-refractivity contribution in [3.8, 4) is 0 Å². The van der Waals surface area contributed by atoms with Crippen LogP contribution < -0.4 is 0 Å².